The minimum atomic E-state index is -0.624. The first-order valence-electron chi connectivity index (χ1n) is 7.85. The number of halogens is 2. The van der Waals surface area contributed by atoms with E-state index in [1.165, 1.54) is 31.5 Å². The molecule has 25 heavy (non-hydrogen) atoms. The molecule has 1 unspecified atom stereocenters. The lowest BCUT2D eigenvalue weighted by atomic mass is 10.1. The third-order valence-electron chi connectivity index (χ3n) is 3.92. The Bertz CT molecular complexity index is 754. The summed E-state index contributed by atoms with van der Waals surface area (Å²) in [6.07, 6.45) is 2.79. The van der Waals surface area contributed by atoms with Gasteiger partial charge >= 0.3 is 6.01 Å². The van der Waals surface area contributed by atoms with Gasteiger partial charge in [0.1, 0.15) is 11.9 Å². The number of carbonyl (C=O) groups excluding carboxylic acids is 1. The monoisotopic (exact) mass is 365 g/mol. The minimum absolute atomic E-state index is 0.103. The summed E-state index contributed by atoms with van der Waals surface area (Å²) in [5.41, 5.74) is -0.103. The van der Waals surface area contributed by atoms with E-state index in [9.17, 15) is 9.18 Å². The predicted octanol–water partition coefficient (Wildman–Crippen LogP) is 2.96. The van der Waals surface area contributed by atoms with E-state index in [0.29, 0.717) is 19.0 Å². The van der Waals surface area contributed by atoms with E-state index < -0.39 is 11.7 Å². The summed E-state index contributed by atoms with van der Waals surface area (Å²) in [5.74, 6) is -0.687. The molecule has 0 radical (unpaired) electrons. The number of carbonyl (C=O) groups is 1. The van der Waals surface area contributed by atoms with Gasteiger partial charge in [0.15, 0.2) is 0 Å². The van der Waals surface area contributed by atoms with Gasteiger partial charge in [-0.25, -0.2) is 9.37 Å². The SMILES string of the molecule is COc1nccc(OC2CCCN(C(=O)c3c(F)cccc3Cl)C2)n1. The molecule has 3 rings (SSSR count). The van der Waals surface area contributed by atoms with E-state index in [2.05, 4.69) is 9.97 Å². The summed E-state index contributed by atoms with van der Waals surface area (Å²) in [6.45, 7) is 0.853. The number of ether oxygens (including phenoxy) is 2. The molecule has 0 N–H and O–H groups in total. The molecule has 1 aliphatic heterocycles. The van der Waals surface area contributed by atoms with E-state index in [4.69, 9.17) is 21.1 Å². The second-order valence-corrected chi connectivity index (χ2v) is 6.02. The van der Waals surface area contributed by atoms with Gasteiger partial charge in [0.25, 0.3) is 5.91 Å². The molecule has 132 valence electrons. The lowest BCUT2D eigenvalue weighted by Gasteiger charge is -2.32. The van der Waals surface area contributed by atoms with Crippen LogP contribution in [0.2, 0.25) is 5.02 Å². The zero-order valence-electron chi connectivity index (χ0n) is 13.6. The van der Waals surface area contributed by atoms with Crippen LogP contribution in [0.1, 0.15) is 23.2 Å². The Kier molecular flexibility index (Phi) is 5.33. The van der Waals surface area contributed by atoms with Gasteiger partial charge in [-0.2, -0.15) is 4.98 Å². The maximum absolute atomic E-state index is 14.0. The zero-order chi connectivity index (χ0) is 17.8. The molecule has 2 heterocycles. The zero-order valence-corrected chi connectivity index (χ0v) is 14.4. The topological polar surface area (TPSA) is 64.6 Å². The molecule has 1 atom stereocenters. The molecule has 1 fully saturated rings. The first kappa shape index (κ1) is 17.4. The van der Waals surface area contributed by atoms with E-state index in [1.54, 1.807) is 11.0 Å². The quantitative estimate of drug-likeness (QED) is 0.833. The molecule has 1 aromatic carbocycles. The summed E-state index contributed by atoms with van der Waals surface area (Å²) >= 11 is 5.99. The van der Waals surface area contributed by atoms with Crippen LogP contribution in [0.3, 0.4) is 0 Å². The van der Waals surface area contributed by atoms with Gasteiger partial charge in [-0.05, 0) is 25.0 Å². The molecule has 0 aliphatic carbocycles. The highest BCUT2D eigenvalue weighted by atomic mass is 35.5. The Morgan fingerprint density at radius 3 is 3.00 bits per heavy atom. The van der Waals surface area contributed by atoms with Crippen LogP contribution in [0.4, 0.5) is 4.39 Å². The van der Waals surface area contributed by atoms with Gasteiger partial charge in [-0.15, -0.1) is 0 Å². The Hall–Kier alpha value is -2.41. The smallest absolute Gasteiger partial charge is 0.319 e. The number of benzene rings is 1. The number of piperidine rings is 1. The highest BCUT2D eigenvalue weighted by molar-refractivity contribution is 6.33. The van der Waals surface area contributed by atoms with Crippen molar-refractivity contribution in [3.8, 4) is 11.9 Å². The molecular weight excluding hydrogens is 349 g/mol. The van der Waals surface area contributed by atoms with Gasteiger partial charge in [0.05, 0.1) is 24.2 Å². The van der Waals surface area contributed by atoms with Crippen molar-refractivity contribution in [2.75, 3.05) is 20.2 Å². The Balaban J connectivity index is 1.71. The van der Waals surface area contributed by atoms with E-state index >= 15 is 0 Å². The van der Waals surface area contributed by atoms with Gasteiger partial charge in [0.2, 0.25) is 5.88 Å². The van der Waals surface area contributed by atoms with Gasteiger partial charge < -0.3 is 14.4 Å². The van der Waals surface area contributed by atoms with Crippen LogP contribution in [0.5, 0.6) is 11.9 Å². The number of likely N-dealkylation sites (tertiary alicyclic amines) is 1. The normalized spacial score (nSPS) is 17.2. The van der Waals surface area contributed by atoms with Crippen LogP contribution in [-0.2, 0) is 0 Å². The number of rotatable bonds is 4. The summed E-state index contributed by atoms with van der Waals surface area (Å²) < 4.78 is 24.8. The van der Waals surface area contributed by atoms with Gasteiger partial charge in [-0.1, -0.05) is 17.7 Å². The van der Waals surface area contributed by atoms with Crippen LogP contribution in [0.15, 0.2) is 30.5 Å². The van der Waals surface area contributed by atoms with Gasteiger partial charge in [0, 0.05) is 18.8 Å². The number of aromatic nitrogens is 2. The van der Waals surface area contributed by atoms with Crippen LogP contribution in [0, 0.1) is 5.82 Å². The molecule has 1 amide bonds. The molecule has 1 aromatic heterocycles. The molecule has 0 saturated carbocycles. The average molecular weight is 366 g/mol. The summed E-state index contributed by atoms with van der Waals surface area (Å²) in [4.78, 5) is 22.2. The summed E-state index contributed by atoms with van der Waals surface area (Å²) in [7, 11) is 1.47. The van der Waals surface area contributed by atoms with E-state index in [0.717, 1.165) is 12.8 Å². The van der Waals surface area contributed by atoms with Crippen LogP contribution in [0.25, 0.3) is 0 Å². The van der Waals surface area contributed by atoms with Crippen molar-refractivity contribution in [3.05, 3.63) is 46.9 Å². The van der Waals surface area contributed by atoms with E-state index in [1.807, 2.05) is 0 Å². The van der Waals surface area contributed by atoms with Crippen molar-refractivity contribution in [2.24, 2.45) is 0 Å². The standard InChI is InChI=1S/C17H17ClFN3O3/c1-24-17-20-8-7-14(21-17)25-11-4-3-9-22(10-11)16(23)15-12(18)5-2-6-13(15)19/h2,5-8,11H,3-4,9-10H2,1H3. The van der Waals surface area contributed by atoms with Crippen LogP contribution < -0.4 is 9.47 Å². The first-order chi connectivity index (χ1) is 12.1. The second-order valence-electron chi connectivity index (χ2n) is 5.61. The largest absolute Gasteiger partial charge is 0.472 e. The second kappa shape index (κ2) is 7.65. The average Bonchev–Trinajstić information content (AvgIpc) is 2.62. The maximum atomic E-state index is 14.0. The maximum Gasteiger partial charge on any atom is 0.319 e. The molecular formula is C17H17ClFN3O3. The molecule has 0 bridgehead atoms. The molecule has 6 nitrogen and oxygen atoms in total. The Labute approximate surface area is 149 Å². The van der Waals surface area contributed by atoms with Crippen molar-refractivity contribution in [1.29, 1.82) is 0 Å². The van der Waals surface area contributed by atoms with Crippen LogP contribution >= 0.6 is 11.6 Å². The van der Waals surface area contributed by atoms with Crippen molar-refractivity contribution >= 4 is 17.5 Å². The minimum Gasteiger partial charge on any atom is -0.472 e. The fourth-order valence-corrected chi connectivity index (χ4v) is 2.98. The highest BCUT2D eigenvalue weighted by Crippen LogP contribution is 2.24. The number of hydrogen-bond acceptors (Lipinski definition) is 5. The number of hydrogen-bond donors (Lipinski definition) is 0. The van der Waals surface area contributed by atoms with Crippen molar-refractivity contribution in [2.45, 2.75) is 18.9 Å². The summed E-state index contributed by atoms with van der Waals surface area (Å²) in [6, 6.07) is 6.03. The highest BCUT2D eigenvalue weighted by Gasteiger charge is 2.28. The first-order valence-corrected chi connectivity index (χ1v) is 8.23. The Morgan fingerprint density at radius 2 is 2.24 bits per heavy atom. The number of methoxy groups -OCH3 is 1. The predicted molar refractivity (Wildman–Crippen MR) is 89.5 cm³/mol. The van der Waals surface area contributed by atoms with E-state index in [-0.39, 0.29) is 22.7 Å². The van der Waals surface area contributed by atoms with Crippen molar-refractivity contribution < 1.29 is 18.7 Å². The lowest BCUT2D eigenvalue weighted by Crippen LogP contribution is -2.44. The third kappa shape index (κ3) is 3.99. The van der Waals surface area contributed by atoms with Crippen molar-refractivity contribution in [1.82, 2.24) is 14.9 Å². The van der Waals surface area contributed by atoms with Gasteiger partial charge in [-0.3, -0.25) is 4.79 Å². The molecule has 1 saturated heterocycles. The molecule has 0 spiro atoms. The Morgan fingerprint density at radius 1 is 1.40 bits per heavy atom. The van der Waals surface area contributed by atoms with Crippen LogP contribution in [-0.4, -0.2) is 47.1 Å². The lowest BCUT2D eigenvalue weighted by molar-refractivity contribution is 0.0522. The number of amides is 1. The third-order valence-corrected chi connectivity index (χ3v) is 4.23. The number of nitrogens with zero attached hydrogens (tertiary/aromatic N) is 3. The molecule has 1 aliphatic rings. The summed E-state index contributed by atoms with van der Waals surface area (Å²) in [5, 5.41) is 0.105. The van der Waals surface area contributed by atoms with Crippen molar-refractivity contribution in [3.63, 3.8) is 0 Å². The fraction of sp³-hybridized carbons (Fsp3) is 0.353. The molecule has 2 aromatic rings. The fourth-order valence-electron chi connectivity index (χ4n) is 2.74. The molecule has 8 heteroatoms.